The number of hydrogen-bond acceptors (Lipinski definition) is 5. The topological polar surface area (TPSA) is 101 Å². The Morgan fingerprint density at radius 3 is 2.29 bits per heavy atom. The van der Waals surface area contributed by atoms with Crippen LogP contribution in [0.25, 0.3) is 0 Å². The minimum absolute atomic E-state index is 0.0657. The van der Waals surface area contributed by atoms with Gasteiger partial charge in [-0.3, -0.25) is 24.5 Å². The number of aliphatic hydroxyl groups excluding tert-OH is 1. The molecule has 21 heavy (non-hydrogen) atoms. The number of amides is 2. The van der Waals surface area contributed by atoms with Crippen LogP contribution in [-0.2, 0) is 19.2 Å². The first-order valence-electron chi connectivity index (χ1n) is 7.12. The number of rotatable bonds is 3. The smallest absolute Gasteiger partial charge is 0.226 e. The van der Waals surface area contributed by atoms with Gasteiger partial charge in [0, 0.05) is 31.1 Å². The third kappa shape index (κ3) is 3.20. The molecule has 2 amide bonds. The van der Waals surface area contributed by atoms with Crippen molar-refractivity contribution in [3.8, 4) is 0 Å². The average Bonchev–Trinajstić information content (AvgIpc) is 2.35. The lowest BCUT2D eigenvalue weighted by Crippen LogP contribution is -2.39. The predicted octanol–water partition coefficient (Wildman–Crippen LogP) is 1.06. The van der Waals surface area contributed by atoms with Crippen molar-refractivity contribution in [1.82, 2.24) is 5.32 Å². The van der Waals surface area contributed by atoms with E-state index in [0.29, 0.717) is 6.42 Å². The van der Waals surface area contributed by atoms with Crippen molar-refractivity contribution in [3.05, 3.63) is 11.3 Å². The van der Waals surface area contributed by atoms with Gasteiger partial charge in [-0.2, -0.15) is 0 Å². The minimum atomic E-state index is -0.469. The van der Waals surface area contributed by atoms with Gasteiger partial charge in [-0.25, -0.2) is 0 Å². The van der Waals surface area contributed by atoms with Crippen LogP contribution in [0.3, 0.4) is 0 Å². The van der Waals surface area contributed by atoms with Crippen molar-refractivity contribution in [2.45, 2.75) is 39.5 Å². The van der Waals surface area contributed by atoms with E-state index in [-0.39, 0.29) is 48.2 Å². The number of piperidine rings is 1. The van der Waals surface area contributed by atoms with Gasteiger partial charge in [0.2, 0.25) is 11.8 Å². The molecule has 0 aromatic carbocycles. The largest absolute Gasteiger partial charge is 0.511 e. The Hall–Kier alpha value is -1.98. The molecule has 2 rings (SSSR count). The van der Waals surface area contributed by atoms with Gasteiger partial charge < -0.3 is 5.11 Å². The highest BCUT2D eigenvalue weighted by Crippen LogP contribution is 2.32. The molecule has 0 radical (unpaired) electrons. The van der Waals surface area contributed by atoms with Crippen molar-refractivity contribution < 1.29 is 24.3 Å². The van der Waals surface area contributed by atoms with Crippen LogP contribution in [0.5, 0.6) is 0 Å². The number of hydrogen-bond donors (Lipinski definition) is 2. The monoisotopic (exact) mass is 293 g/mol. The van der Waals surface area contributed by atoms with Crippen LogP contribution in [0.2, 0.25) is 0 Å². The van der Waals surface area contributed by atoms with Crippen molar-refractivity contribution in [2.75, 3.05) is 0 Å². The van der Waals surface area contributed by atoms with Gasteiger partial charge in [0.05, 0.1) is 5.57 Å². The zero-order chi connectivity index (χ0) is 15.7. The fourth-order valence-corrected chi connectivity index (χ4v) is 3.01. The Morgan fingerprint density at radius 1 is 1.14 bits per heavy atom. The van der Waals surface area contributed by atoms with Crippen LogP contribution in [0.4, 0.5) is 0 Å². The summed E-state index contributed by atoms with van der Waals surface area (Å²) in [6, 6.07) is 0. The average molecular weight is 293 g/mol. The molecule has 0 saturated carbocycles. The predicted molar refractivity (Wildman–Crippen MR) is 73.1 cm³/mol. The third-order valence-corrected chi connectivity index (χ3v) is 4.10. The first-order valence-corrected chi connectivity index (χ1v) is 7.12. The summed E-state index contributed by atoms with van der Waals surface area (Å²) >= 11 is 0. The second kappa shape index (κ2) is 5.79. The van der Waals surface area contributed by atoms with E-state index < -0.39 is 23.5 Å². The SMILES string of the molecule is C[C@@H]1C[C@H](C)C(O)=C(C(=O)CC2CC(=O)NC(=O)C2)C1=O. The van der Waals surface area contributed by atoms with Crippen molar-refractivity contribution >= 4 is 23.4 Å². The fourth-order valence-electron chi connectivity index (χ4n) is 3.01. The van der Waals surface area contributed by atoms with Gasteiger partial charge in [-0.1, -0.05) is 13.8 Å². The fraction of sp³-hybridized carbons (Fsp3) is 0.600. The second-order valence-electron chi connectivity index (χ2n) is 6.04. The highest BCUT2D eigenvalue weighted by molar-refractivity contribution is 6.21. The number of carbonyl (C=O) groups excluding carboxylic acids is 4. The molecule has 6 heteroatoms. The van der Waals surface area contributed by atoms with Crippen molar-refractivity contribution in [2.24, 2.45) is 17.8 Å². The molecule has 6 nitrogen and oxygen atoms in total. The summed E-state index contributed by atoms with van der Waals surface area (Å²) < 4.78 is 0. The van der Waals surface area contributed by atoms with E-state index in [1.54, 1.807) is 13.8 Å². The van der Waals surface area contributed by atoms with Crippen LogP contribution >= 0.6 is 0 Å². The molecule has 2 aliphatic rings. The molecule has 1 heterocycles. The molecule has 1 saturated heterocycles. The highest BCUT2D eigenvalue weighted by Gasteiger charge is 2.36. The minimum Gasteiger partial charge on any atom is -0.511 e. The van der Waals surface area contributed by atoms with Crippen molar-refractivity contribution in [3.63, 3.8) is 0 Å². The molecule has 0 aromatic heterocycles. The van der Waals surface area contributed by atoms with Gasteiger partial charge in [0.25, 0.3) is 0 Å². The molecule has 0 aromatic rings. The van der Waals surface area contributed by atoms with E-state index in [9.17, 15) is 24.3 Å². The summed E-state index contributed by atoms with van der Waals surface area (Å²) in [7, 11) is 0. The zero-order valence-electron chi connectivity index (χ0n) is 12.1. The Labute approximate surface area is 122 Å². The Bertz CT molecular complexity index is 532. The molecule has 1 aliphatic heterocycles. The van der Waals surface area contributed by atoms with Gasteiger partial charge in [-0.05, 0) is 12.3 Å². The summed E-state index contributed by atoms with van der Waals surface area (Å²) in [6.45, 7) is 3.50. The molecule has 0 unspecified atom stereocenters. The first kappa shape index (κ1) is 15.4. The summed E-state index contributed by atoms with van der Waals surface area (Å²) in [6.07, 6.45) is 0.630. The van der Waals surface area contributed by atoms with Crippen LogP contribution in [0.15, 0.2) is 11.3 Å². The molecular formula is C15H19NO5. The molecule has 1 fully saturated rings. The van der Waals surface area contributed by atoms with E-state index in [1.165, 1.54) is 0 Å². The molecule has 2 atom stereocenters. The summed E-state index contributed by atoms with van der Waals surface area (Å²) in [5, 5.41) is 12.2. The lowest BCUT2D eigenvalue weighted by atomic mass is 9.78. The van der Waals surface area contributed by atoms with E-state index >= 15 is 0 Å². The maximum Gasteiger partial charge on any atom is 0.226 e. The van der Waals surface area contributed by atoms with Crippen LogP contribution in [0, 0.1) is 17.8 Å². The molecular weight excluding hydrogens is 274 g/mol. The Balaban J connectivity index is 2.15. The van der Waals surface area contributed by atoms with Crippen LogP contribution in [-0.4, -0.2) is 28.5 Å². The molecule has 0 bridgehead atoms. The number of nitrogens with one attached hydrogen (secondary N) is 1. The lowest BCUT2D eigenvalue weighted by Gasteiger charge is -2.26. The van der Waals surface area contributed by atoms with Crippen LogP contribution < -0.4 is 5.32 Å². The zero-order valence-corrected chi connectivity index (χ0v) is 12.1. The highest BCUT2D eigenvalue weighted by atomic mass is 16.3. The number of carbonyl (C=O) groups is 4. The molecule has 2 N–H and O–H groups in total. The standard InChI is InChI=1S/C15H19NO5/c1-7-3-8(2)15(21)13(14(7)20)10(17)4-9-5-11(18)16-12(19)6-9/h7-9,20H,3-6H2,1-2H3,(H,16,18,19)/t7-,8+/m0/s1. The summed E-state index contributed by atoms with van der Waals surface area (Å²) in [5.74, 6) is -2.71. The molecule has 114 valence electrons. The normalized spacial score (nSPS) is 27.8. The Kier molecular flexibility index (Phi) is 4.25. The maximum absolute atomic E-state index is 12.3. The van der Waals surface area contributed by atoms with E-state index in [0.717, 1.165) is 0 Å². The second-order valence-corrected chi connectivity index (χ2v) is 6.04. The van der Waals surface area contributed by atoms with E-state index in [2.05, 4.69) is 5.32 Å². The van der Waals surface area contributed by atoms with E-state index in [1.807, 2.05) is 0 Å². The maximum atomic E-state index is 12.3. The lowest BCUT2D eigenvalue weighted by molar-refractivity contribution is -0.135. The van der Waals surface area contributed by atoms with Crippen molar-refractivity contribution in [1.29, 1.82) is 0 Å². The molecule has 0 spiro atoms. The molecule has 1 aliphatic carbocycles. The number of ketones is 2. The van der Waals surface area contributed by atoms with E-state index in [4.69, 9.17) is 0 Å². The number of allylic oxidation sites excluding steroid dienone is 2. The first-order chi connectivity index (χ1) is 9.79. The Morgan fingerprint density at radius 2 is 1.71 bits per heavy atom. The summed E-state index contributed by atoms with van der Waals surface area (Å²) in [4.78, 5) is 47.0. The number of aliphatic hydroxyl groups is 1. The summed E-state index contributed by atoms with van der Waals surface area (Å²) in [5.41, 5.74) is -0.139. The third-order valence-electron chi connectivity index (χ3n) is 4.10. The van der Waals surface area contributed by atoms with Gasteiger partial charge in [-0.15, -0.1) is 0 Å². The number of Topliss-reactive ketones (excluding diaryl/α,β-unsaturated/α-hetero) is 2. The quantitative estimate of drug-likeness (QED) is 0.598. The van der Waals surface area contributed by atoms with Gasteiger partial charge in [0.1, 0.15) is 5.76 Å². The van der Waals surface area contributed by atoms with Gasteiger partial charge in [0.15, 0.2) is 11.6 Å². The van der Waals surface area contributed by atoms with Gasteiger partial charge >= 0.3 is 0 Å². The number of imide groups is 1. The van der Waals surface area contributed by atoms with Crippen LogP contribution in [0.1, 0.15) is 39.5 Å².